The van der Waals surface area contributed by atoms with Gasteiger partial charge in [0.25, 0.3) is 10.6 Å². The van der Waals surface area contributed by atoms with E-state index in [1.807, 2.05) is 0 Å². The van der Waals surface area contributed by atoms with Gasteiger partial charge in [-0.2, -0.15) is 0 Å². The summed E-state index contributed by atoms with van der Waals surface area (Å²) >= 11 is 1.05. The molecule has 0 atom stereocenters. The average Bonchev–Trinajstić information content (AvgIpc) is 2.17. The van der Waals surface area contributed by atoms with E-state index in [0.717, 1.165) is 11.8 Å². The van der Waals surface area contributed by atoms with Gasteiger partial charge in [-0.3, -0.25) is 20.2 Å². The van der Waals surface area contributed by atoms with Gasteiger partial charge in [0.05, 0.1) is 4.92 Å². The molecule has 1 aromatic rings. The summed E-state index contributed by atoms with van der Waals surface area (Å²) in [5, 5.41) is 21.1. The Hall–Kier alpha value is -1.63. The molecule has 0 aliphatic rings. The van der Waals surface area contributed by atoms with Crippen molar-refractivity contribution in [1.82, 2.24) is 0 Å². The van der Waals surface area contributed by atoms with E-state index in [4.69, 9.17) is 0 Å². The normalized spacial score (nSPS) is 11.1. The number of hydrogen-bond acceptors (Lipinski definition) is 5. The Morgan fingerprint density at radius 3 is 2.00 bits per heavy atom. The Bertz CT molecular complexity index is 416. The van der Waals surface area contributed by atoms with Gasteiger partial charge in [0, 0.05) is 35.8 Å². The van der Waals surface area contributed by atoms with E-state index in [-0.39, 0.29) is 10.6 Å². The third-order valence-electron chi connectivity index (χ3n) is 1.85. The maximum atomic E-state index is 10.7. The second-order valence-electron chi connectivity index (χ2n) is 3.56. The van der Waals surface area contributed by atoms with Crippen LogP contribution in [0.25, 0.3) is 0 Å². The van der Waals surface area contributed by atoms with Crippen molar-refractivity contribution in [3.05, 3.63) is 44.5 Å². The summed E-state index contributed by atoms with van der Waals surface area (Å²) in [6.45, 7) is 2.97. The maximum absolute atomic E-state index is 10.7. The van der Waals surface area contributed by atoms with Crippen molar-refractivity contribution in [2.45, 2.75) is 23.6 Å². The standard InChI is InChI=1S/C9H10N2O4S/c1-9(2,11(14)15)16-8-5-3-7(4-6-8)10(12)13/h3-6H,1-2H3. The van der Waals surface area contributed by atoms with Gasteiger partial charge in [0.2, 0.25) is 0 Å². The van der Waals surface area contributed by atoms with E-state index in [9.17, 15) is 20.2 Å². The van der Waals surface area contributed by atoms with Crippen LogP contribution in [-0.2, 0) is 0 Å². The minimum absolute atomic E-state index is 0.0248. The molecule has 0 saturated carbocycles. The molecule has 86 valence electrons. The number of benzene rings is 1. The van der Waals surface area contributed by atoms with Crippen LogP contribution < -0.4 is 0 Å². The monoisotopic (exact) mass is 242 g/mol. The highest BCUT2D eigenvalue weighted by Crippen LogP contribution is 2.33. The highest BCUT2D eigenvalue weighted by molar-refractivity contribution is 8.00. The Morgan fingerprint density at radius 1 is 1.12 bits per heavy atom. The molecule has 0 bridgehead atoms. The molecule has 0 spiro atoms. The second kappa shape index (κ2) is 4.48. The van der Waals surface area contributed by atoms with Crippen molar-refractivity contribution in [3.8, 4) is 0 Å². The number of nitro groups is 2. The lowest BCUT2D eigenvalue weighted by Crippen LogP contribution is -2.26. The fraction of sp³-hybridized carbons (Fsp3) is 0.333. The molecule has 0 saturated heterocycles. The Balaban J connectivity index is 2.84. The first-order chi connectivity index (χ1) is 7.33. The van der Waals surface area contributed by atoms with Crippen LogP contribution in [-0.4, -0.2) is 14.7 Å². The van der Waals surface area contributed by atoms with Crippen molar-refractivity contribution < 1.29 is 9.85 Å². The van der Waals surface area contributed by atoms with Crippen LogP contribution in [0.3, 0.4) is 0 Å². The zero-order valence-corrected chi connectivity index (χ0v) is 9.56. The van der Waals surface area contributed by atoms with Crippen molar-refractivity contribution in [3.63, 3.8) is 0 Å². The lowest BCUT2D eigenvalue weighted by molar-refractivity contribution is -0.528. The first-order valence-corrected chi connectivity index (χ1v) is 5.22. The molecule has 1 aromatic carbocycles. The topological polar surface area (TPSA) is 86.3 Å². The predicted octanol–water partition coefficient (Wildman–Crippen LogP) is 2.70. The van der Waals surface area contributed by atoms with Gasteiger partial charge < -0.3 is 0 Å². The summed E-state index contributed by atoms with van der Waals surface area (Å²) in [6.07, 6.45) is 0. The quantitative estimate of drug-likeness (QED) is 0.350. The van der Waals surface area contributed by atoms with Gasteiger partial charge in [-0.05, 0) is 23.9 Å². The Morgan fingerprint density at radius 2 is 1.62 bits per heavy atom. The fourth-order valence-corrected chi connectivity index (χ4v) is 1.89. The van der Waals surface area contributed by atoms with Gasteiger partial charge in [-0.25, -0.2) is 0 Å². The first-order valence-electron chi connectivity index (χ1n) is 4.41. The minimum Gasteiger partial charge on any atom is -0.263 e. The zero-order chi connectivity index (χ0) is 12.3. The smallest absolute Gasteiger partial charge is 0.263 e. The summed E-state index contributed by atoms with van der Waals surface area (Å²) in [5.74, 6) is 0. The lowest BCUT2D eigenvalue weighted by Gasteiger charge is -2.14. The van der Waals surface area contributed by atoms with E-state index in [1.165, 1.54) is 38.1 Å². The molecule has 0 amide bonds. The Kier molecular flexibility index (Phi) is 3.48. The van der Waals surface area contributed by atoms with Gasteiger partial charge in [-0.15, -0.1) is 0 Å². The van der Waals surface area contributed by atoms with Crippen LogP contribution in [0.15, 0.2) is 29.2 Å². The van der Waals surface area contributed by atoms with Crippen LogP contribution in [0.2, 0.25) is 0 Å². The molecule has 6 nitrogen and oxygen atoms in total. The molecule has 0 aliphatic heterocycles. The van der Waals surface area contributed by atoms with Crippen molar-refractivity contribution in [1.29, 1.82) is 0 Å². The Labute approximate surface area is 96.0 Å². The van der Waals surface area contributed by atoms with Gasteiger partial charge in [0.1, 0.15) is 0 Å². The summed E-state index contributed by atoms with van der Waals surface area (Å²) in [6, 6.07) is 5.68. The molecule has 0 heterocycles. The lowest BCUT2D eigenvalue weighted by atomic mass is 10.3. The van der Waals surface area contributed by atoms with Crippen LogP contribution in [0, 0.1) is 20.2 Å². The van der Waals surface area contributed by atoms with Crippen molar-refractivity contribution in [2.75, 3.05) is 0 Å². The summed E-state index contributed by atoms with van der Waals surface area (Å²) in [4.78, 5) is 19.7. The molecule has 0 fully saturated rings. The molecule has 16 heavy (non-hydrogen) atoms. The van der Waals surface area contributed by atoms with E-state index in [2.05, 4.69) is 0 Å². The number of nitrogens with zero attached hydrogens (tertiary/aromatic N) is 2. The number of non-ortho nitro benzene ring substituents is 1. The van der Waals surface area contributed by atoms with E-state index < -0.39 is 9.79 Å². The summed E-state index contributed by atoms with van der Waals surface area (Å²) in [5.41, 5.74) is -0.0248. The van der Waals surface area contributed by atoms with Crippen LogP contribution in [0.1, 0.15) is 13.8 Å². The number of thioether (sulfide) groups is 1. The number of rotatable bonds is 4. The van der Waals surface area contributed by atoms with E-state index in [0.29, 0.717) is 4.90 Å². The molecule has 0 aliphatic carbocycles. The van der Waals surface area contributed by atoms with Crippen LogP contribution in [0.4, 0.5) is 5.69 Å². The number of hydrogen-bond donors (Lipinski definition) is 0. The third-order valence-corrected chi connectivity index (χ3v) is 3.01. The molecular formula is C9H10N2O4S. The van der Waals surface area contributed by atoms with Gasteiger partial charge >= 0.3 is 0 Å². The number of nitro benzene ring substituents is 1. The molecule has 0 unspecified atom stereocenters. The van der Waals surface area contributed by atoms with E-state index in [1.54, 1.807) is 0 Å². The van der Waals surface area contributed by atoms with Crippen molar-refractivity contribution >= 4 is 17.4 Å². The fourth-order valence-electron chi connectivity index (χ4n) is 0.962. The van der Waals surface area contributed by atoms with Gasteiger partial charge in [-0.1, -0.05) is 0 Å². The highest BCUT2D eigenvalue weighted by atomic mass is 32.2. The highest BCUT2D eigenvalue weighted by Gasteiger charge is 2.32. The third kappa shape index (κ3) is 2.93. The maximum Gasteiger partial charge on any atom is 0.269 e. The van der Waals surface area contributed by atoms with E-state index >= 15 is 0 Å². The van der Waals surface area contributed by atoms with Crippen LogP contribution in [0.5, 0.6) is 0 Å². The molecule has 0 radical (unpaired) electrons. The molecule has 0 N–H and O–H groups in total. The molecule has 1 rings (SSSR count). The molecular weight excluding hydrogens is 232 g/mol. The average molecular weight is 242 g/mol. The first kappa shape index (κ1) is 12.4. The summed E-state index contributed by atoms with van der Waals surface area (Å²) < 4.78 is 0. The van der Waals surface area contributed by atoms with Gasteiger partial charge in [0.15, 0.2) is 0 Å². The zero-order valence-electron chi connectivity index (χ0n) is 8.75. The largest absolute Gasteiger partial charge is 0.269 e. The SMILES string of the molecule is CC(C)(Sc1ccc([N+](=O)[O-])cc1)[N+](=O)[O-]. The van der Waals surface area contributed by atoms with Crippen molar-refractivity contribution in [2.24, 2.45) is 0 Å². The van der Waals surface area contributed by atoms with Crippen LogP contribution >= 0.6 is 11.8 Å². The predicted molar refractivity (Wildman–Crippen MR) is 60.0 cm³/mol. The summed E-state index contributed by atoms with van der Waals surface area (Å²) in [7, 11) is 0. The molecule has 0 aromatic heterocycles. The second-order valence-corrected chi connectivity index (χ2v) is 5.23. The minimum atomic E-state index is -1.14. The molecule has 7 heteroatoms.